The maximum atomic E-state index is 6.02. The molecule has 0 radical (unpaired) electrons. The number of aromatic nitrogens is 3. The van der Waals surface area contributed by atoms with Crippen molar-refractivity contribution in [3.63, 3.8) is 0 Å². The lowest BCUT2D eigenvalue weighted by Gasteiger charge is -2.04. The van der Waals surface area contributed by atoms with Crippen LogP contribution in [0.15, 0.2) is 36.5 Å². The molecule has 0 spiro atoms. The summed E-state index contributed by atoms with van der Waals surface area (Å²) in [7, 11) is 0. The van der Waals surface area contributed by atoms with Gasteiger partial charge in [0.15, 0.2) is 0 Å². The minimum absolute atomic E-state index is 0.709. The maximum absolute atomic E-state index is 6.02. The minimum atomic E-state index is 0.709. The van der Waals surface area contributed by atoms with Gasteiger partial charge in [0.05, 0.1) is 17.8 Å². The standard InChI is InChI=1S/C15H16N4/c1-10-6-7-12(8-17-10)9-19-14-5-3-4-13(16)15(14)11(2)18-19/h3-8H,9,16H2,1-2H3. The Labute approximate surface area is 111 Å². The molecule has 4 nitrogen and oxygen atoms in total. The third kappa shape index (κ3) is 2.05. The molecule has 0 saturated heterocycles. The van der Waals surface area contributed by atoms with E-state index < -0.39 is 0 Å². The van der Waals surface area contributed by atoms with Gasteiger partial charge in [-0.05, 0) is 37.6 Å². The highest BCUT2D eigenvalue weighted by atomic mass is 15.3. The van der Waals surface area contributed by atoms with E-state index in [1.165, 1.54) is 0 Å². The van der Waals surface area contributed by atoms with Crippen LogP contribution in [0.2, 0.25) is 0 Å². The van der Waals surface area contributed by atoms with Gasteiger partial charge < -0.3 is 5.73 Å². The summed E-state index contributed by atoms with van der Waals surface area (Å²) in [6, 6.07) is 10.0. The van der Waals surface area contributed by atoms with Gasteiger partial charge in [-0.25, -0.2) is 0 Å². The predicted octanol–water partition coefficient (Wildman–Crippen LogP) is 2.68. The average Bonchev–Trinajstić information content (AvgIpc) is 2.70. The third-order valence-corrected chi connectivity index (χ3v) is 3.29. The molecule has 2 N–H and O–H groups in total. The Morgan fingerprint density at radius 2 is 2.00 bits per heavy atom. The van der Waals surface area contributed by atoms with Crippen LogP contribution in [0.5, 0.6) is 0 Å². The van der Waals surface area contributed by atoms with Crippen LogP contribution in [0, 0.1) is 13.8 Å². The fourth-order valence-electron chi connectivity index (χ4n) is 2.34. The van der Waals surface area contributed by atoms with Crippen LogP contribution in [0.1, 0.15) is 17.0 Å². The normalized spacial score (nSPS) is 11.1. The summed E-state index contributed by atoms with van der Waals surface area (Å²) in [6.45, 7) is 4.68. The zero-order chi connectivity index (χ0) is 13.4. The molecule has 0 fully saturated rings. The van der Waals surface area contributed by atoms with Crippen LogP contribution >= 0.6 is 0 Å². The molecule has 3 rings (SSSR count). The van der Waals surface area contributed by atoms with Crippen molar-refractivity contribution in [1.82, 2.24) is 14.8 Å². The van der Waals surface area contributed by atoms with E-state index >= 15 is 0 Å². The first kappa shape index (κ1) is 11.7. The van der Waals surface area contributed by atoms with Gasteiger partial charge in [-0.15, -0.1) is 0 Å². The van der Waals surface area contributed by atoms with E-state index in [0.717, 1.165) is 33.5 Å². The summed E-state index contributed by atoms with van der Waals surface area (Å²) in [5.41, 5.74) is 11.0. The summed E-state index contributed by atoms with van der Waals surface area (Å²) in [5, 5.41) is 5.62. The van der Waals surface area contributed by atoms with Crippen LogP contribution in [-0.2, 0) is 6.54 Å². The second kappa shape index (κ2) is 4.39. The molecular formula is C15H16N4. The Balaban J connectivity index is 2.06. The predicted molar refractivity (Wildman–Crippen MR) is 77.0 cm³/mol. The summed E-state index contributed by atoms with van der Waals surface area (Å²) in [5.74, 6) is 0. The number of nitrogen functional groups attached to an aromatic ring is 1. The van der Waals surface area contributed by atoms with Crippen molar-refractivity contribution in [2.75, 3.05) is 5.73 Å². The highest BCUT2D eigenvalue weighted by Crippen LogP contribution is 2.24. The molecule has 3 aromatic rings. The van der Waals surface area contributed by atoms with Crippen LogP contribution in [0.25, 0.3) is 10.9 Å². The molecule has 2 aromatic heterocycles. The number of hydrogen-bond acceptors (Lipinski definition) is 3. The molecule has 4 heteroatoms. The van der Waals surface area contributed by atoms with Gasteiger partial charge >= 0.3 is 0 Å². The van der Waals surface area contributed by atoms with E-state index in [-0.39, 0.29) is 0 Å². The fraction of sp³-hybridized carbons (Fsp3) is 0.200. The molecule has 0 aliphatic carbocycles. The molecule has 0 atom stereocenters. The Morgan fingerprint density at radius 1 is 1.16 bits per heavy atom. The van der Waals surface area contributed by atoms with Gasteiger partial charge in [0.25, 0.3) is 0 Å². The summed E-state index contributed by atoms with van der Waals surface area (Å²) in [4.78, 5) is 4.31. The fourth-order valence-corrected chi connectivity index (χ4v) is 2.34. The highest BCUT2D eigenvalue weighted by molar-refractivity contribution is 5.92. The number of nitrogens with two attached hydrogens (primary N) is 1. The number of pyridine rings is 1. The molecule has 0 aliphatic heterocycles. The van der Waals surface area contributed by atoms with Gasteiger partial charge in [0, 0.05) is 23.0 Å². The van der Waals surface area contributed by atoms with E-state index in [9.17, 15) is 0 Å². The number of fused-ring (bicyclic) bond motifs is 1. The Hall–Kier alpha value is -2.36. The summed E-state index contributed by atoms with van der Waals surface area (Å²) >= 11 is 0. The Morgan fingerprint density at radius 3 is 2.74 bits per heavy atom. The molecule has 0 unspecified atom stereocenters. The topological polar surface area (TPSA) is 56.7 Å². The van der Waals surface area contributed by atoms with Crippen molar-refractivity contribution in [1.29, 1.82) is 0 Å². The molecule has 19 heavy (non-hydrogen) atoms. The third-order valence-electron chi connectivity index (χ3n) is 3.29. The van der Waals surface area contributed by atoms with E-state index in [4.69, 9.17) is 5.73 Å². The molecule has 0 saturated carbocycles. The number of nitrogens with zero attached hydrogens (tertiary/aromatic N) is 3. The van der Waals surface area contributed by atoms with Gasteiger partial charge in [-0.3, -0.25) is 9.67 Å². The first-order valence-corrected chi connectivity index (χ1v) is 6.28. The van der Waals surface area contributed by atoms with Crippen molar-refractivity contribution in [2.24, 2.45) is 0 Å². The first-order valence-electron chi connectivity index (χ1n) is 6.28. The summed E-state index contributed by atoms with van der Waals surface area (Å²) in [6.07, 6.45) is 1.89. The second-order valence-electron chi connectivity index (χ2n) is 4.79. The number of anilines is 1. The van der Waals surface area contributed by atoms with Crippen molar-refractivity contribution < 1.29 is 0 Å². The van der Waals surface area contributed by atoms with E-state index in [2.05, 4.69) is 16.1 Å². The molecule has 0 amide bonds. The van der Waals surface area contributed by atoms with Crippen molar-refractivity contribution in [3.8, 4) is 0 Å². The number of rotatable bonds is 2. The van der Waals surface area contributed by atoms with Crippen LogP contribution in [-0.4, -0.2) is 14.8 Å². The van der Waals surface area contributed by atoms with Gasteiger partial charge in [-0.1, -0.05) is 12.1 Å². The first-order chi connectivity index (χ1) is 9.15. The van der Waals surface area contributed by atoms with E-state index in [0.29, 0.717) is 6.54 Å². The highest BCUT2D eigenvalue weighted by Gasteiger charge is 2.09. The molecule has 0 bridgehead atoms. The molecule has 0 aliphatic rings. The average molecular weight is 252 g/mol. The SMILES string of the molecule is Cc1ccc(Cn2nc(C)c3c(N)cccc32)cn1. The smallest absolute Gasteiger partial charge is 0.0710 e. The lowest BCUT2D eigenvalue weighted by Crippen LogP contribution is -2.02. The van der Waals surface area contributed by atoms with Gasteiger partial charge in [-0.2, -0.15) is 5.10 Å². The van der Waals surface area contributed by atoms with Crippen LogP contribution in [0.3, 0.4) is 0 Å². The van der Waals surface area contributed by atoms with Crippen molar-refractivity contribution >= 4 is 16.6 Å². The maximum Gasteiger partial charge on any atom is 0.0710 e. The van der Waals surface area contributed by atoms with E-state index in [1.807, 2.05) is 49.0 Å². The molecule has 1 aromatic carbocycles. The largest absolute Gasteiger partial charge is 0.398 e. The van der Waals surface area contributed by atoms with Crippen LogP contribution in [0.4, 0.5) is 5.69 Å². The second-order valence-corrected chi connectivity index (χ2v) is 4.79. The monoisotopic (exact) mass is 252 g/mol. The van der Waals surface area contributed by atoms with Crippen LogP contribution < -0.4 is 5.73 Å². The number of hydrogen-bond donors (Lipinski definition) is 1. The molecular weight excluding hydrogens is 236 g/mol. The zero-order valence-electron chi connectivity index (χ0n) is 11.1. The Bertz CT molecular complexity index is 726. The Kier molecular flexibility index (Phi) is 2.71. The zero-order valence-corrected chi connectivity index (χ0v) is 11.1. The molecule has 96 valence electrons. The lowest BCUT2D eigenvalue weighted by atomic mass is 10.2. The van der Waals surface area contributed by atoms with E-state index in [1.54, 1.807) is 0 Å². The van der Waals surface area contributed by atoms with Crippen molar-refractivity contribution in [2.45, 2.75) is 20.4 Å². The number of aryl methyl sites for hydroxylation is 2. The number of benzene rings is 1. The minimum Gasteiger partial charge on any atom is -0.398 e. The van der Waals surface area contributed by atoms with Gasteiger partial charge in [0.2, 0.25) is 0 Å². The lowest BCUT2D eigenvalue weighted by molar-refractivity contribution is 0.700. The summed E-state index contributed by atoms with van der Waals surface area (Å²) < 4.78 is 1.98. The molecule has 2 heterocycles. The van der Waals surface area contributed by atoms with Gasteiger partial charge in [0.1, 0.15) is 0 Å². The quantitative estimate of drug-likeness (QED) is 0.713. The van der Waals surface area contributed by atoms with Crippen molar-refractivity contribution in [3.05, 3.63) is 53.5 Å².